The monoisotopic (exact) mass is 1450 g/mol. The summed E-state index contributed by atoms with van der Waals surface area (Å²) in [6.07, 6.45) is 3.12. The number of allylic oxidation sites excluding steroid dienone is 2. The van der Waals surface area contributed by atoms with Crippen molar-refractivity contribution in [3.8, 4) is 0 Å². The molecular weight excluding hydrogens is 1340 g/mol. The number of nitrogens with one attached hydrogen (secondary N) is 12. The van der Waals surface area contributed by atoms with Crippen molar-refractivity contribution in [2.75, 3.05) is 18.8 Å². The van der Waals surface area contributed by atoms with Crippen LogP contribution in [0.25, 0.3) is 0 Å². The predicted octanol–water partition coefficient (Wildman–Crippen LogP) is -1.35. The van der Waals surface area contributed by atoms with Gasteiger partial charge in [0.25, 0.3) is 0 Å². The number of carboxylic acids is 2. The molecule has 33 nitrogen and oxygen atoms in total. The number of carbonyl (C=O) groups is 14. The lowest BCUT2D eigenvalue weighted by molar-refractivity contribution is -0.142. The average molecular weight is 1450 g/mol. The Morgan fingerprint density at radius 1 is 0.696 bits per heavy atom. The summed E-state index contributed by atoms with van der Waals surface area (Å²) in [5.41, 5.74) is 18.6. The topological polar surface area (TPSA) is 531 Å². The van der Waals surface area contributed by atoms with E-state index in [-0.39, 0.29) is 101 Å². The van der Waals surface area contributed by atoms with Gasteiger partial charge in [-0.1, -0.05) is 90.4 Å². The number of rotatable bonds is 33. The van der Waals surface area contributed by atoms with Gasteiger partial charge in [-0.25, -0.2) is 4.98 Å². The van der Waals surface area contributed by atoms with Crippen molar-refractivity contribution in [3.05, 3.63) is 79.4 Å². The van der Waals surface area contributed by atoms with E-state index in [0.717, 1.165) is 0 Å². The van der Waals surface area contributed by atoms with E-state index in [9.17, 15) is 77.3 Å². The highest BCUT2D eigenvalue weighted by atomic mass is 32.2. The van der Waals surface area contributed by atoms with Crippen LogP contribution in [-0.4, -0.2) is 199 Å². The van der Waals surface area contributed by atoms with E-state index >= 15 is 0 Å². The quantitative estimate of drug-likeness (QED) is 0.0368. The van der Waals surface area contributed by atoms with Crippen molar-refractivity contribution >= 4 is 99.6 Å². The molecule has 0 spiro atoms. The van der Waals surface area contributed by atoms with Gasteiger partial charge in [0, 0.05) is 37.8 Å². The molecule has 2 aliphatic rings. The normalized spacial score (nSPS) is 22.8. The van der Waals surface area contributed by atoms with Gasteiger partial charge >= 0.3 is 11.9 Å². The number of benzene rings is 1. The molecule has 0 bridgehead atoms. The van der Waals surface area contributed by atoms with Gasteiger partial charge in [0.05, 0.1) is 35.9 Å². The maximum absolute atomic E-state index is 14.9. The van der Waals surface area contributed by atoms with Crippen molar-refractivity contribution in [3.63, 3.8) is 0 Å². The first kappa shape index (κ1) is 84.8. The summed E-state index contributed by atoms with van der Waals surface area (Å²) in [5.74, 6) is -15.9. The molecule has 1 aromatic carbocycles. The molecule has 3 heterocycles. The summed E-state index contributed by atoms with van der Waals surface area (Å²) < 4.78 is 0. The summed E-state index contributed by atoms with van der Waals surface area (Å²) in [6, 6.07) is -8.73. The molecule has 12 amide bonds. The Morgan fingerprint density at radius 3 is 1.90 bits per heavy atom. The number of aromatic amines is 1. The average Bonchev–Trinajstić information content (AvgIpc) is 1.24. The van der Waals surface area contributed by atoms with Crippen LogP contribution in [0, 0.1) is 23.7 Å². The first-order valence-corrected chi connectivity index (χ1v) is 35.3. The predicted molar refractivity (Wildman–Crippen MR) is 378 cm³/mol. The number of nitrogens with zero attached hydrogens (tertiary/aromatic N) is 2. The molecule has 102 heavy (non-hydrogen) atoms. The highest BCUT2D eigenvalue weighted by molar-refractivity contribution is 8.14. The van der Waals surface area contributed by atoms with Crippen molar-refractivity contribution in [2.24, 2.45) is 45.9 Å². The standard InChI is InChI=1S/C68H103N17O16S/c1-9-18-38(7)54(71)68-83-50(34-102-68)65(99)78-45(28-36(4)5)61(95)76-44(24-25-52(87)88)60(94)84-55(37(6)11-3)66(100)77-42-22-15-16-27-73-57(91)48(31-51(70)86)80-64(98)49(32-53(89)90)81-63(97)47(30-41-33-72-35-74-41)79-62(96)46(29-40-20-13-12-14-21-40)82-67(101)56(39(8)19-10-2)85-59(93)43(23-17-26-69)75-58(42)92/h9-10,12-14,20-21,33,35-39,42-50,54-56H,1-2,11,15-19,22-32,34,69,71H2,3-8H3,(H2,70,86)(H,72,74)(H,73,91)(H,75,92)(H,76,95)(H,77,100)(H,78,99)(H,79,96)(H,80,98)(H,81,97)(H,82,101)(H,84,94)(H,85,93)(H,87,88)(H,89,90). The zero-order valence-electron chi connectivity index (χ0n) is 58.7. The lowest BCUT2D eigenvalue weighted by Crippen LogP contribution is -2.62. The molecule has 2 aromatic rings. The van der Waals surface area contributed by atoms with Gasteiger partial charge in [0.15, 0.2) is 0 Å². The molecule has 0 aliphatic carbocycles. The number of hydrogen-bond donors (Lipinski definition) is 17. The number of imidazole rings is 1. The number of thioether (sulfide) groups is 1. The summed E-state index contributed by atoms with van der Waals surface area (Å²) in [4.78, 5) is 207. The fraction of sp³-hybridized carbons (Fsp3) is 0.588. The van der Waals surface area contributed by atoms with E-state index in [1.54, 1.807) is 71.0 Å². The Bertz CT molecular complexity index is 3270. The van der Waals surface area contributed by atoms with Crippen molar-refractivity contribution in [1.82, 2.24) is 68.5 Å². The molecular formula is C68H103N17O16S. The molecule has 34 heteroatoms. The lowest BCUT2D eigenvalue weighted by atomic mass is 9.95. The minimum absolute atomic E-state index is 0.00985. The van der Waals surface area contributed by atoms with E-state index in [2.05, 4.69) is 86.6 Å². The Kier molecular flexibility index (Phi) is 36.0. The van der Waals surface area contributed by atoms with E-state index in [1.165, 1.54) is 30.4 Å². The summed E-state index contributed by atoms with van der Waals surface area (Å²) in [5, 5.41) is 49.0. The van der Waals surface area contributed by atoms with Crippen LogP contribution in [0.3, 0.4) is 0 Å². The molecule has 20 N–H and O–H groups in total. The number of primary amides is 1. The van der Waals surface area contributed by atoms with Gasteiger partial charge in [-0.3, -0.25) is 72.1 Å². The Balaban J connectivity index is 1.78. The zero-order chi connectivity index (χ0) is 75.8. The van der Waals surface area contributed by atoms with Gasteiger partial charge in [-0.2, -0.15) is 0 Å². The van der Waals surface area contributed by atoms with Gasteiger partial charge < -0.3 is 90.9 Å². The third-order valence-corrected chi connectivity index (χ3v) is 18.4. The number of amides is 12. The smallest absolute Gasteiger partial charge is 0.305 e. The van der Waals surface area contributed by atoms with Crippen LogP contribution in [0.15, 0.2) is 73.2 Å². The fourth-order valence-corrected chi connectivity index (χ4v) is 12.4. The molecule has 4 rings (SSSR count). The van der Waals surface area contributed by atoms with Crippen LogP contribution in [0.4, 0.5) is 0 Å². The second-order valence-corrected chi connectivity index (χ2v) is 27.2. The lowest BCUT2D eigenvalue weighted by Gasteiger charge is -2.30. The number of carboxylic acid groups (broad SMARTS) is 2. The van der Waals surface area contributed by atoms with Gasteiger partial charge in [-0.15, -0.1) is 24.9 Å². The van der Waals surface area contributed by atoms with Crippen LogP contribution in [0.1, 0.15) is 136 Å². The van der Waals surface area contributed by atoms with Crippen LogP contribution in [0.2, 0.25) is 0 Å². The number of H-pyrrole nitrogens is 1. The second-order valence-electron chi connectivity index (χ2n) is 26.2. The Hall–Kier alpha value is -9.57. The molecule has 0 saturated carbocycles. The SMILES string of the molecule is C=CCC(C)C(N)C1=NC(C(=O)NC(CC(C)C)C(=O)NC(CCC(=O)O)C(=O)NC(C(=O)NC2CCCCNC(=O)C(CC(N)=O)NC(=O)C(CC(=O)O)NC(=O)C(Cc3c[nH]cn3)NC(=O)C(Cc3ccccc3)NC(=O)C(C(C)CC=C)NC(=O)C(CCCN)NC2=O)C(C)CC)CS1. The van der Waals surface area contributed by atoms with Crippen molar-refractivity contribution in [2.45, 2.75) is 210 Å². The number of aliphatic carboxylic acids is 2. The molecule has 15 atom stereocenters. The maximum Gasteiger partial charge on any atom is 0.305 e. The molecule has 1 fully saturated rings. The number of nitrogens with two attached hydrogens (primary N) is 3. The molecule has 1 saturated heterocycles. The van der Waals surface area contributed by atoms with Gasteiger partial charge in [0.2, 0.25) is 70.9 Å². The van der Waals surface area contributed by atoms with Crippen LogP contribution in [0.5, 0.6) is 0 Å². The molecule has 15 unspecified atom stereocenters. The van der Waals surface area contributed by atoms with Crippen LogP contribution < -0.4 is 75.7 Å². The summed E-state index contributed by atoms with van der Waals surface area (Å²) in [6.45, 7) is 17.8. The fourth-order valence-electron chi connectivity index (χ4n) is 11.2. The van der Waals surface area contributed by atoms with Gasteiger partial charge in [0.1, 0.15) is 66.5 Å². The first-order valence-electron chi connectivity index (χ1n) is 34.3. The molecule has 2 aliphatic heterocycles. The second kappa shape index (κ2) is 43.3. The largest absolute Gasteiger partial charge is 0.481 e. The third-order valence-electron chi connectivity index (χ3n) is 17.3. The van der Waals surface area contributed by atoms with E-state index in [1.807, 2.05) is 6.92 Å². The van der Waals surface area contributed by atoms with Crippen LogP contribution >= 0.6 is 11.8 Å². The third kappa shape index (κ3) is 28.5. The van der Waals surface area contributed by atoms with E-state index < -0.39 is 193 Å². The number of aromatic nitrogens is 2. The van der Waals surface area contributed by atoms with Crippen LogP contribution in [-0.2, 0) is 80.0 Å². The minimum Gasteiger partial charge on any atom is -0.481 e. The molecule has 0 radical (unpaired) electrons. The summed E-state index contributed by atoms with van der Waals surface area (Å²) in [7, 11) is 0. The number of carbonyl (C=O) groups excluding carboxylic acids is 12. The van der Waals surface area contributed by atoms with Crippen molar-refractivity contribution < 1.29 is 77.3 Å². The van der Waals surface area contributed by atoms with E-state index in [0.29, 0.717) is 17.0 Å². The Morgan fingerprint density at radius 2 is 1.30 bits per heavy atom. The van der Waals surface area contributed by atoms with E-state index in [4.69, 9.17) is 17.2 Å². The summed E-state index contributed by atoms with van der Waals surface area (Å²) >= 11 is 1.32. The Labute approximate surface area is 597 Å². The molecule has 1 aromatic heterocycles. The zero-order valence-corrected chi connectivity index (χ0v) is 59.5. The number of aliphatic imine (C=N–C) groups is 1. The minimum atomic E-state index is -1.96. The van der Waals surface area contributed by atoms with Crippen molar-refractivity contribution in [1.29, 1.82) is 0 Å². The van der Waals surface area contributed by atoms with Gasteiger partial charge in [-0.05, 0) is 93.6 Å². The molecule has 562 valence electrons. The number of hydrogen-bond acceptors (Lipinski definition) is 19. The maximum atomic E-state index is 14.9. The first-order chi connectivity index (χ1) is 48.4. The highest BCUT2D eigenvalue weighted by Gasteiger charge is 2.40. The highest BCUT2D eigenvalue weighted by Crippen LogP contribution is 2.25.